The molecule has 0 bridgehead atoms. The number of rotatable bonds is 9. The van der Waals surface area contributed by atoms with Crippen molar-refractivity contribution in [2.75, 3.05) is 18.5 Å². The summed E-state index contributed by atoms with van der Waals surface area (Å²) in [5.74, 6) is -4.01. The molecule has 0 aromatic heterocycles. The number of amides is 1. The predicted octanol–water partition coefficient (Wildman–Crippen LogP) is 3.04. The molecule has 0 radical (unpaired) electrons. The van der Waals surface area contributed by atoms with E-state index in [9.17, 15) is 31.6 Å². The van der Waals surface area contributed by atoms with Crippen LogP contribution in [0.25, 0.3) is 0 Å². The summed E-state index contributed by atoms with van der Waals surface area (Å²) in [5.41, 5.74) is 0.193. The Balaban J connectivity index is 1.80. The third kappa shape index (κ3) is 7.72. The number of benzene rings is 2. The van der Waals surface area contributed by atoms with Crippen molar-refractivity contribution < 1.29 is 36.3 Å². The summed E-state index contributed by atoms with van der Waals surface area (Å²) in [6, 6.07) is 8.13. The smallest absolute Gasteiger partial charge is 0.307 e. The van der Waals surface area contributed by atoms with Gasteiger partial charge >= 0.3 is 5.97 Å². The van der Waals surface area contributed by atoms with Gasteiger partial charge in [-0.05, 0) is 42.5 Å². The molecule has 0 aliphatic carbocycles. The predicted molar refractivity (Wildman–Crippen MR) is 116 cm³/mol. The van der Waals surface area contributed by atoms with E-state index in [-0.39, 0.29) is 24.4 Å². The summed E-state index contributed by atoms with van der Waals surface area (Å²) in [4.78, 5) is 35.5. The minimum atomic E-state index is -4.15. The molecule has 0 unspecified atom stereocenters. The van der Waals surface area contributed by atoms with Crippen LogP contribution in [0.3, 0.4) is 0 Å². The number of carbonyl (C=O) groups excluding carboxylic acids is 3. The summed E-state index contributed by atoms with van der Waals surface area (Å²) in [6.45, 7) is 4.38. The lowest BCUT2D eigenvalue weighted by atomic mass is 9.95. The quantitative estimate of drug-likeness (QED) is 0.419. The van der Waals surface area contributed by atoms with Gasteiger partial charge in [-0.25, -0.2) is 21.9 Å². The van der Waals surface area contributed by atoms with Gasteiger partial charge in [-0.2, -0.15) is 0 Å². The van der Waals surface area contributed by atoms with E-state index in [0.717, 1.165) is 6.07 Å². The van der Waals surface area contributed by atoms with Crippen LogP contribution in [-0.2, 0) is 24.3 Å². The molecule has 0 saturated carbocycles. The van der Waals surface area contributed by atoms with Crippen LogP contribution in [0.4, 0.5) is 14.5 Å². The van der Waals surface area contributed by atoms with Crippen LogP contribution in [0.1, 0.15) is 37.6 Å². The molecule has 2 aromatic carbocycles. The van der Waals surface area contributed by atoms with Gasteiger partial charge in [-0.1, -0.05) is 20.8 Å². The van der Waals surface area contributed by atoms with Gasteiger partial charge in [0.25, 0.3) is 0 Å². The lowest BCUT2D eigenvalue weighted by molar-refractivity contribution is -0.142. The van der Waals surface area contributed by atoms with Crippen molar-refractivity contribution >= 4 is 33.4 Å². The highest BCUT2D eigenvalue weighted by Gasteiger charge is 2.21. The number of anilines is 1. The van der Waals surface area contributed by atoms with Gasteiger partial charge < -0.3 is 10.1 Å². The molecule has 33 heavy (non-hydrogen) atoms. The molecular weight excluding hydrogens is 458 g/mol. The lowest BCUT2D eigenvalue weighted by Crippen LogP contribution is -2.27. The maximum atomic E-state index is 13.2. The number of sulfonamides is 1. The first-order valence-electron chi connectivity index (χ1n) is 9.84. The first-order valence-corrected chi connectivity index (χ1v) is 11.3. The molecule has 0 saturated heterocycles. The molecular formula is C22H24F2N2O6S. The summed E-state index contributed by atoms with van der Waals surface area (Å²) in [5, 5.41) is 2.72. The van der Waals surface area contributed by atoms with Gasteiger partial charge in [-0.3, -0.25) is 14.4 Å². The molecule has 0 fully saturated rings. The molecule has 2 N–H and O–H groups in total. The molecule has 0 aliphatic heterocycles. The van der Waals surface area contributed by atoms with Crippen LogP contribution < -0.4 is 10.0 Å². The van der Waals surface area contributed by atoms with Gasteiger partial charge in [0.15, 0.2) is 24.0 Å². The maximum absolute atomic E-state index is 13.2. The fourth-order valence-electron chi connectivity index (χ4n) is 2.37. The van der Waals surface area contributed by atoms with Crippen LogP contribution in [0.5, 0.6) is 0 Å². The summed E-state index contributed by atoms with van der Waals surface area (Å²) in [6.07, 6.45) is -0.381. The maximum Gasteiger partial charge on any atom is 0.307 e. The third-order valence-corrected chi connectivity index (χ3v) is 5.79. The van der Waals surface area contributed by atoms with Crippen LogP contribution >= 0.6 is 0 Å². The Labute approximate surface area is 190 Å². The highest BCUT2D eigenvalue weighted by molar-refractivity contribution is 7.89. The highest BCUT2D eigenvalue weighted by atomic mass is 32.2. The van der Waals surface area contributed by atoms with Crippen molar-refractivity contribution in [2.45, 2.75) is 32.1 Å². The van der Waals surface area contributed by atoms with Crippen molar-refractivity contribution in [1.82, 2.24) is 4.72 Å². The van der Waals surface area contributed by atoms with Gasteiger partial charge in [0.05, 0.1) is 11.3 Å². The standard InChI is InChI=1S/C22H24F2N2O6S/c1-22(2,3)21(29)26-15-6-4-14(5-7-15)19(27)13-32-20(28)10-11-25-33(30,31)16-8-9-17(23)18(24)12-16/h4-9,12,25H,10-11,13H2,1-3H3,(H,26,29). The van der Waals surface area contributed by atoms with E-state index in [4.69, 9.17) is 4.74 Å². The zero-order valence-electron chi connectivity index (χ0n) is 18.3. The number of ether oxygens (including phenoxy) is 1. The number of ketones is 1. The fourth-order valence-corrected chi connectivity index (χ4v) is 3.42. The average Bonchev–Trinajstić information content (AvgIpc) is 2.73. The highest BCUT2D eigenvalue weighted by Crippen LogP contribution is 2.18. The Kier molecular flexibility index (Phi) is 8.39. The van der Waals surface area contributed by atoms with Gasteiger partial charge in [0.2, 0.25) is 15.9 Å². The van der Waals surface area contributed by atoms with Crippen LogP contribution in [-0.4, -0.2) is 39.2 Å². The zero-order valence-corrected chi connectivity index (χ0v) is 19.1. The van der Waals surface area contributed by atoms with E-state index >= 15 is 0 Å². The summed E-state index contributed by atoms with van der Waals surface area (Å²) < 4.78 is 57.2. The number of hydrogen-bond acceptors (Lipinski definition) is 6. The number of carbonyl (C=O) groups is 3. The molecule has 0 heterocycles. The minimum Gasteiger partial charge on any atom is -0.457 e. The van der Waals surface area contributed by atoms with E-state index in [2.05, 4.69) is 10.0 Å². The first-order chi connectivity index (χ1) is 15.3. The van der Waals surface area contributed by atoms with Crippen molar-refractivity contribution in [3.05, 3.63) is 59.7 Å². The van der Waals surface area contributed by atoms with E-state index in [1.165, 1.54) is 12.1 Å². The second-order valence-electron chi connectivity index (χ2n) is 8.09. The number of nitrogens with one attached hydrogen (secondary N) is 2. The molecule has 0 spiro atoms. The lowest BCUT2D eigenvalue weighted by Gasteiger charge is -2.17. The molecule has 1 amide bonds. The van der Waals surface area contributed by atoms with Crippen LogP contribution in [0, 0.1) is 17.0 Å². The molecule has 0 aliphatic rings. The number of halogens is 2. The Morgan fingerprint density at radius 1 is 0.970 bits per heavy atom. The minimum absolute atomic E-state index is 0.185. The normalized spacial score (nSPS) is 11.7. The van der Waals surface area contributed by atoms with Crippen molar-refractivity contribution in [3.8, 4) is 0 Å². The second kappa shape index (κ2) is 10.6. The molecule has 2 rings (SSSR count). The molecule has 2 aromatic rings. The summed E-state index contributed by atoms with van der Waals surface area (Å²) >= 11 is 0. The molecule has 178 valence electrons. The number of esters is 1. The monoisotopic (exact) mass is 482 g/mol. The first kappa shape index (κ1) is 26.1. The third-order valence-electron chi connectivity index (χ3n) is 4.33. The van der Waals surface area contributed by atoms with Crippen LogP contribution in [0.15, 0.2) is 47.4 Å². The fraction of sp³-hybridized carbons (Fsp3) is 0.318. The van der Waals surface area contributed by atoms with Gasteiger partial charge in [0, 0.05) is 23.2 Å². The molecule has 0 atom stereocenters. The second-order valence-corrected chi connectivity index (χ2v) is 9.86. The Morgan fingerprint density at radius 3 is 2.18 bits per heavy atom. The van der Waals surface area contributed by atoms with E-state index in [0.29, 0.717) is 17.8 Å². The number of Topliss-reactive ketones (excluding diaryl/α,β-unsaturated/α-hetero) is 1. The van der Waals surface area contributed by atoms with Crippen LogP contribution in [0.2, 0.25) is 0 Å². The number of hydrogen-bond donors (Lipinski definition) is 2. The van der Waals surface area contributed by atoms with Crippen molar-refractivity contribution in [1.29, 1.82) is 0 Å². The van der Waals surface area contributed by atoms with Crippen molar-refractivity contribution in [2.24, 2.45) is 5.41 Å². The van der Waals surface area contributed by atoms with E-state index in [1.54, 1.807) is 32.9 Å². The zero-order chi connectivity index (χ0) is 24.8. The SMILES string of the molecule is CC(C)(C)C(=O)Nc1ccc(C(=O)COC(=O)CCNS(=O)(=O)c2ccc(F)c(F)c2)cc1. The van der Waals surface area contributed by atoms with Gasteiger partial charge in [0.1, 0.15) is 0 Å². The Morgan fingerprint density at radius 2 is 1.61 bits per heavy atom. The molecule has 8 nitrogen and oxygen atoms in total. The topological polar surface area (TPSA) is 119 Å². The molecule has 11 heteroatoms. The van der Waals surface area contributed by atoms with E-state index in [1.807, 2.05) is 0 Å². The Hall–Kier alpha value is -3.18. The Bertz CT molecular complexity index is 1140. The van der Waals surface area contributed by atoms with E-state index < -0.39 is 50.3 Å². The summed E-state index contributed by atoms with van der Waals surface area (Å²) in [7, 11) is -4.15. The van der Waals surface area contributed by atoms with Gasteiger partial charge in [-0.15, -0.1) is 0 Å². The largest absolute Gasteiger partial charge is 0.457 e. The average molecular weight is 483 g/mol. The van der Waals surface area contributed by atoms with Crippen molar-refractivity contribution in [3.63, 3.8) is 0 Å².